The van der Waals surface area contributed by atoms with E-state index in [1.165, 1.54) is 0 Å². The summed E-state index contributed by atoms with van der Waals surface area (Å²) in [5, 5.41) is 19.6. The lowest BCUT2D eigenvalue weighted by Crippen LogP contribution is -2.52. The van der Waals surface area contributed by atoms with E-state index in [0.29, 0.717) is 30.1 Å². The molecule has 0 spiro atoms. The van der Waals surface area contributed by atoms with Gasteiger partial charge in [-0.25, -0.2) is 0 Å². The van der Waals surface area contributed by atoms with Crippen molar-refractivity contribution in [2.24, 2.45) is 7.05 Å². The molecule has 3 aromatic rings. The molecule has 2 fully saturated rings. The molecule has 5 heterocycles. The molecule has 1 N–H and O–H groups in total. The number of benzene rings is 1. The molecule has 3 aliphatic rings. The van der Waals surface area contributed by atoms with Crippen molar-refractivity contribution in [3.63, 3.8) is 0 Å². The van der Waals surface area contributed by atoms with Crippen LogP contribution in [-0.2, 0) is 12.6 Å². The number of aromatic nitrogens is 3. The molecule has 2 aromatic heterocycles. The zero-order valence-electron chi connectivity index (χ0n) is 17.0. The number of aryl methyl sites for hydroxylation is 1. The highest BCUT2D eigenvalue weighted by atomic mass is 16.7. The maximum Gasteiger partial charge on any atom is 0.276 e. The molecule has 0 radical (unpaired) electrons. The molecular formula is C22H22N4O5. The number of rotatable bonds is 3. The summed E-state index contributed by atoms with van der Waals surface area (Å²) < 4.78 is 17.9. The molecule has 0 aliphatic carbocycles. The van der Waals surface area contributed by atoms with Gasteiger partial charge in [-0.2, -0.15) is 5.10 Å². The molecule has 2 saturated heterocycles. The molecule has 2 atom stereocenters. The second-order valence-electron chi connectivity index (χ2n) is 8.58. The SMILES string of the molecule is Cn1cc(-c2cc(C(=O)N3[C@H]4CC[C@H]3CC(O)(c3ccc5c(c3)OCO5)C4)no2)cn1. The van der Waals surface area contributed by atoms with Crippen LogP contribution >= 0.6 is 0 Å². The first-order valence-electron chi connectivity index (χ1n) is 10.4. The lowest BCUT2D eigenvalue weighted by Gasteiger charge is -2.43. The highest BCUT2D eigenvalue weighted by Crippen LogP contribution is 2.48. The van der Waals surface area contributed by atoms with Crippen LogP contribution < -0.4 is 9.47 Å². The molecule has 0 unspecified atom stereocenters. The second-order valence-corrected chi connectivity index (χ2v) is 8.58. The highest BCUT2D eigenvalue weighted by Gasteiger charge is 2.50. The van der Waals surface area contributed by atoms with Crippen LogP contribution in [0.25, 0.3) is 11.3 Å². The van der Waals surface area contributed by atoms with Gasteiger partial charge in [0.2, 0.25) is 6.79 Å². The zero-order valence-corrected chi connectivity index (χ0v) is 17.0. The number of hydrogen-bond acceptors (Lipinski definition) is 7. The van der Waals surface area contributed by atoms with Gasteiger partial charge in [0.1, 0.15) is 0 Å². The third kappa shape index (κ3) is 2.91. The van der Waals surface area contributed by atoms with E-state index >= 15 is 0 Å². The van der Waals surface area contributed by atoms with Gasteiger partial charge in [0.15, 0.2) is 23.0 Å². The third-order valence-corrected chi connectivity index (χ3v) is 6.63. The minimum atomic E-state index is -1.01. The minimum Gasteiger partial charge on any atom is -0.454 e. The van der Waals surface area contributed by atoms with Gasteiger partial charge in [-0.15, -0.1) is 0 Å². The van der Waals surface area contributed by atoms with Crippen LogP contribution in [0.1, 0.15) is 41.7 Å². The lowest BCUT2D eigenvalue weighted by molar-refractivity contribution is -0.0482. The number of nitrogens with zero attached hydrogens (tertiary/aromatic N) is 4. The van der Waals surface area contributed by atoms with E-state index in [4.69, 9.17) is 14.0 Å². The predicted molar refractivity (Wildman–Crippen MR) is 107 cm³/mol. The molecule has 9 heteroatoms. The van der Waals surface area contributed by atoms with Crippen molar-refractivity contribution in [1.29, 1.82) is 0 Å². The average Bonchev–Trinajstić information content (AvgIpc) is 3.53. The van der Waals surface area contributed by atoms with E-state index in [1.807, 2.05) is 36.3 Å². The van der Waals surface area contributed by atoms with E-state index in [9.17, 15) is 9.90 Å². The summed E-state index contributed by atoms with van der Waals surface area (Å²) in [6, 6.07) is 7.14. The normalized spacial score (nSPS) is 26.5. The lowest BCUT2D eigenvalue weighted by atomic mass is 9.80. The molecule has 2 bridgehead atoms. The van der Waals surface area contributed by atoms with Gasteiger partial charge in [-0.1, -0.05) is 11.2 Å². The van der Waals surface area contributed by atoms with Gasteiger partial charge in [-0.05, 0) is 30.5 Å². The third-order valence-electron chi connectivity index (χ3n) is 6.63. The fraction of sp³-hybridized carbons (Fsp3) is 0.409. The minimum absolute atomic E-state index is 0.0554. The van der Waals surface area contributed by atoms with Gasteiger partial charge < -0.3 is 24.0 Å². The Labute approximate surface area is 178 Å². The van der Waals surface area contributed by atoms with Crippen LogP contribution in [0.5, 0.6) is 11.5 Å². The molecule has 1 amide bonds. The van der Waals surface area contributed by atoms with Crippen molar-refractivity contribution >= 4 is 5.91 Å². The summed E-state index contributed by atoms with van der Waals surface area (Å²) in [6.45, 7) is 0.198. The van der Waals surface area contributed by atoms with Crippen molar-refractivity contribution in [1.82, 2.24) is 19.8 Å². The van der Waals surface area contributed by atoms with Gasteiger partial charge >= 0.3 is 0 Å². The quantitative estimate of drug-likeness (QED) is 0.692. The summed E-state index contributed by atoms with van der Waals surface area (Å²) in [7, 11) is 1.82. The molecule has 0 saturated carbocycles. The summed E-state index contributed by atoms with van der Waals surface area (Å²) in [5.74, 6) is 1.71. The summed E-state index contributed by atoms with van der Waals surface area (Å²) in [5.41, 5.74) is 0.854. The molecule has 6 rings (SSSR count). The van der Waals surface area contributed by atoms with E-state index in [2.05, 4.69) is 10.3 Å². The Morgan fingerprint density at radius 1 is 1.16 bits per heavy atom. The average molecular weight is 422 g/mol. The fourth-order valence-electron chi connectivity index (χ4n) is 5.17. The van der Waals surface area contributed by atoms with Gasteiger partial charge in [0, 0.05) is 44.2 Å². The van der Waals surface area contributed by atoms with Crippen molar-refractivity contribution in [2.45, 2.75) is 43.4 Å². The Bertz CT molecular complexity index is 1150. The van der Waals surface area contributed by atoms with Crippen LogP contribution in [0, 0.1) is 0 Å². The summed E-state index contributed by atoms with van der Waals surface area (Å²) >= 11 is 0. The Morgan fingerprint density at radius 2 is 1.94 bits per heavy atom. The first-order valence-corrected chi connectivity index (χ1v) is 10.4. The summed E-state index contributed by atoms with van der Waals surface area (Å²) in [6.07, 6.45) is 6.15. The number of carbonyl (C=O) groups is 1. The van der Waals surface area contributed by atoms with Crippen LogP contribution in [0.3, 0.4) is 0 Å². The molecular weight excluding hydrogens is 400 g/mol. The standard InChI is InChI=1S/C22H22N4O5/c1-25-11-13(10-23-25)19-7-17(24-31-19)21(27)26-15-3-4-16(26)9-22(28,8-15)14-2-5-18-20(6-14)30-12-29-18/h2,5-7,10-11,15-16,28H,3-4,8-9,12H2,1H3/t15-,16-/m0/s1. The maximum atomic E-state index is 13.3. The molecule has 9 nitrogen and oxygen atoms in total. The topological polar surface area (TPSA) is 103 Å². The van der Waals surface area contributed by atoms with E-state index in [1.54, 1.807) is 16.9 Å². The molecule has 1 aromatic carbocycles. The van der Waals surface area contributed by atoms with Gasteiger partial charge in [0.05, 0.1) is 17.4 Å². The number of hydrogen-bond donors (Lipinski definition) is 1. The maximum absolute atomic E-state index is 13.3. The molecule has 31 heavy (non-hydrogen) atoms. The number of carbonyl (C=O) groups excluding carboxylic acids is 1. The number of amides is 1. The monoisotopic (exact) mass is 422 g/mol. The van der Waals surface area contributed by atoms with Crippen LogP contribution in [-0.4, -0.2) is 49.7 Å². The van der Waals surface area contributed by atoms with Crippen molar-refractivity contribution < 1.29 is 23.9 Å². The van der Waals surface area contributed by atoms with E-state index in [0.717, 1.165) is 24.0 Å². The van der Waals surface area contributed by atoms with Gasteiger partial charge in [0.25, 0.3) is 5.91 Å². The fourth-order valence-corrected chi connectivity index (χ4v) is 5.17. The Morgan fingerprint density at radius 3 is 2.68 bits per heavy atom. The van der Waals surface area contributed by atoms with Crippen molar-refractivity contribution in [3.05, 3.63) is 47.9 Å². The van der Waals surface area contributed by atoms with Crippen LogP contribution in [0.4, 0.5) is 0 Å². The van der Waals surface area contributed by atoms with Crippen LogP contribution in [0.2, 0.25) is 0 Å². The second kappa shape index (κ2) is 6.58. The Hall–Kier alpha value is -3.33. The largest absolute Gasteiger partial charge is 0.454 e. The van der Waals surface area contributed by atoms with Gasteiger partial charge in [-0.3, -0.25) is 9.48 Å². The van der Waals surface area contributed by atoms with E-state index in [-0.39, 0.29) is 30.5 Å². The Kier molecular flexibility index (Phi) is 3.92. The number of aliphatic hydroxyl groups is 1. The Balaban J connectivity index is 1.24. The first-order chi connectivity index (χ1) is 15.0. The molecule has 3 aliphatic heterocycles. The predicted octanol–water partition coefficient (Wildman–Crippen LogP) is 2.46. The zero-order chi connectivity index (χ0) is 21.2. The first kappa shape index (κ1) is 18.4. The molecule has 160 valence electrons. The number of piperidine rings is 1. The van der Waals surface area contributed by atoms with Crippen molar-refractivity contribution in [3.8, 4) is 22.8 Å². The van der Waals surface area contributed by atoms with Crippen molar-refractivity contribution in [2.75, 3.05) is 6.79 Å². The smallest absolute Gasteiger partial charge is 0.276 e. The summed E-state index contributed by atoms with van der Waals surface area (Å²) in [4.78, 5) is 15.2. The van der Waals surface area contributed by atoms with Crippen LogP contribution in [0.15, 0.2) is 41.2 Å². The highest BCUT2D eigenvalue weighted by molar-refractivity contribution is 5.94. The number of ether oxygens (including phenoxy) is 2. The van der Waals surface area contributed by atoms with E-state index < -0.39 is 5.60 Å². The number of fused-ring (bicyclic) bond motifs is 3.